The highest BCUT2D eigenvalue weighted by Crippen LogP contribution is 2.55. The van der Waals surface area contributed by atoms with Crippen LogP contribution in [-0.4, -0.2) is 122 Å². The van der Waals surface area contributed by atoms with E-state index in [4.69, 9.17) is 24.0 Å². The molecule has 5 bridgehead atoms. The number of aliphatic hydroxyl groups is 2. The Hall–Kier alpha value is -5.94. The maximum Gasteiger partial charge on any atom is 0.312 e. The number of nitrogens with one attached hydrogen (secondary N) is 1. The number of aliphatic hydroxyl groups excluding tert-OH is 2. The number of phenolic OH excluding ortho intramolecular Hbond substituents is 3. The minimum Gasteiger partial charge on any atom is -0.507 e. The van der Waals surface area contributed by atoms with Crippen LogP contribution in [0, 0.1) is 30.6 Å². The Balaban J connectivity index is 1.49. The van der Waals surface area contributed by atoms with E-state index >= 15 is 0 Å². The standard InChI is InChI=1S/C51H66N4O12/c1-26-16-15-17-27(2)50(63)53-41-36(22-52-55-28(3)23-54(24-29(55)4)25-35-18-13-12-14-19-35)45(60)38-39(46(41)61)44(59)33(8)48-40(38)49(62)51(10,67-48)65-21-20-37(64-11)30(5)47(66-34(9)56)32(7)43(58)31(6)42(26)57/h12-22,26,28-32,37,42-43,47,57-61H,23-25H2,1-11H3,(H,53,63)/b16-15+,21-20+,27-17-,52-22?/t26-,28-,29+,30-,31+,32-,37-,42-,43+,47+,51-/m0/s1. The second-order valence-corrected chi connectivity index (χ2v) is 18.6. The number of hydrogen-bond donors (Lipinski definition) is 6. The number of Topliss-reactive ketones (excluding diaryl/α,β-unsaturated/α-hetero) is 1. The van der Waals surface area contributed by atoms with Gasteiger partial charge in [-0.05, 0) is 39.3 Å². The molecule has 3 aromatic rings. The first kappa shape index (κ1) is 50.5. The summed E-state index contributed by atoms with van der Waals surface area (Å²) < 4.78 is 23.8. The van der Waals surface area contributed by atoms with E-state index in [0.29, 0.717) is 13.1 Å². The highest BCUT2D eigenvalue weighted by Gasteiger charge is 2.50. The van der Waals surface area contributed by atoms with Gasteiger partial charge in [-0.1, -0.05) is 76.3 Å². The van der Waals surface area contributed by atoms with Crippen LogP contribution in [0.3, 0.4) is 0 Å². The zero-order valence-electron chi connectivity index (χ0n) is 40.2. The number of amides is 1. The molecule has 7 rings (SSSR count). The van der Waals surface area contributed by atoms with Crippen molar-refractivity contribution in [2.45, 2.75) is 118 Å². The maximum atomic E-state index is 14.6. The predicted octanol–water partition coefficient (Wildman–Crippen LogP) is 6.68. The average Bonchev–Trinajstić information content (AvgIpc) is 3.55. The first-order chi connectivity index (χ1) is 31.6. The van der Waals surface area contributed by atoms with Gasteiger partial charge >= 0.3 is 11.8 Å². The average molecular weight is 927 g/mol. The zero-order chi connectivity index (χ0) is 49.2. The molecule has 1 saturated heterocycles. The van der Waals surface area contributed by atoms with E-state index in [0.717, 1.165) is 6.54 Å². The summed E-state index contributed by atoms with van der Waals surface area (Å²) in [6, 6.07) is 9.93. The summed E-state index contributed by atoms with van der Waals surface area (Å²) >= 11 is 0. The van der Waals surface area contributed by atoms with Crippen LogP contribution >= 0.6 is 0 Å². The van der Waals surface area contributed by atoms with Gasteiger partial charge in [0.1, 0.15) is 23.4 Å². The molecule has 4 aliphatic heterocycles. The lowest BCUT2D eigenvalue weighted by Crippen LogP contribution is -2.54. The normalized spacial score (nSPS) is 31.8. The van der Waals surface area contributed by atoms with E-state index in [9.17, 15) is 39.9 Å². The van der Waals surface area contributed by atoms with Gasteiger partial charge in [-0.3, -0.25) is 24.3 Å². The maximum absolute atomic E-state index is 14.6. The molecular formula is C51H66N4O12. The zero-order valence-corrected chi connectivity index (χ0v) is 40.2. The third kappa shape index (κ3) is 10.2. The number of carbonyl (C=O) groups excluding carboxylic acids is 3. The van der Waals surface area contributed by atoms with E-state index in [1.807, 2.05) is 37.1 Å². The third-order valence-corrected chi connectivity index (χ3v) is 13.6. The van der Waals surface area contributed by atoms with Crippen LogP contribution in [0.5, 0.6) is 23.0 Å². The number of ketones is 1. The van der Waals surface area contributed by atoms with E-state index in [-0.39, 0.29) is 56.6 Å². The molecule has 4 heterocycles. The van der Waals surface area contributed by atoms with Crippen molar-refractivity contribution in [3.63, 3.8) is 0 Å². The van der Waals surface area contributed by atoms with Crippen LogP contribution in [0.15, 0.2) is 71.6 Å². The van der Waals surface area contributed by atoms with Gasteiger partial charge in [0, 0.05) is 80.8 Å². The molecule has 3 aromatic carbocycles. The van der Waals surface area contributed by atoms with Gasteiger partial charge < -0.3 is 49.8 Å². The number of aromatic hydroxyl groups is 3. The first-order valence-corrected chi connectivity index (χ1v) is 22.8. The van der Waals surface area contributed by atoms with Crippen molar-refractivity contribution in [3.05, 3.63) is 88.7 Å². The number of anilines is 1. The number of hydrogen-bond acceptors (Lipinski definition) is 15. The quantitative estimate of drug-likeness (QED) is 0.0658. The number of allylic oxidation sites excluding steroid dienone is 2. The molecule has 0 radical (unpaired) electrons. The number of phenols is 3. The number of carbonyl (C=O) groups is 3. The number of rotatable bonds is 6. The Labute approximate surface area is 392 Å². The second kappa shape index (κ2) is 20.5. The van der Waals surface area contributed by atoms with Crippen molar-refractivity contribution in [3.8, 4) is 23.0 Å². The molecule has 1 amide bonds. The summed E-state index contributed by atoms with van der Waals surface area (Å²) in [6.45, 7) is 18.7. The van der Waals surface area contributed by atoms with Crippen molar-refractivity contribution in [1.29, 1.82) is 0 Å². The molecule has 11 atom stereocenters. The highest BCUT2D eigenvalue weighted by atomic mass is 16.7. The second-order valence-electron chi connectivity index (χ2n) is 18.6. The molecule has 0 aromatic heterocycles. The summed E-state index contributed by atoms with van der Waals surface area (Å²) in [5.74, 6) is -8.46. The fraction of sp³-hybridized carbons (Fsp3) is 0.490. The number of piperazine rings is 1. The monoisotopic (exact) mass is 926 g/mol. The van der Waals surface area contributed by atoms with E-state index in [2.05, 4.69) is 22.3 Å². The summed E-state index contributed by atoms with van der Waals surface area (Å²) in [5, 5.41) is 68.1. The van der Waals surface area contributed by atoms with Crippen molar-refractivity contribution < 1.29 is 58.9 Å². The van der Waals surface area contributed by atoms with Gasteiger partial charge in [0.05, 0.1) is 65.1 Å². The number of ether oxygens (including phenoxy) is 4. The van der Waals surface area contributed by atoms with Gasteiger partial charge in [-0.15, -0.1) is 0 Å². The Morgan fingerprint density at radius 1 is 0.910 bits per heavy atom. The lowest BCUT2D eigenvalue weighted by atomic mass is 9.78. The number of hydrazone groups is 1. The van der Waals surface area contributed by atoms with E-state index in [1.54, 1.807) is 39.8 Å². The van der Waals surface area contributed by atoms with Gasteiger partial charge in [-0.25, -0.2) is 0 Å². The molecule has 16 heteroatoms. The van der Waals surface area contributed by atoms with Crippen LogP contribution in [0.25, 0.3) is 10.8 Å². The Morgan fingerprint density at radius 2 is 1.57 bits per heavy atom. The molecule has 4 aliphatic rings. The van der Waals surface area contributed by atoms with Crippen LogP contribution < -0.4 is 10.1 Å². The fourth-order valence-corrected chi connectivity index (χ4v) is 9.62. The van der Waals surface area contributed by atoms with Gasteiger partial charge in [0.15, 0.2) is 5.75 Å². The molecule has 0 unspecified atom stereocenters. The van der Waals surface area contributed by atoms with Crippen molar-refractivity contribution >= 4 is 40.3 Å². The van der Waals surface area contributed by atoms with Crippen LogP contribution in [0.4, 0.5) is 5.69 Å². The van der Waals surface area contributed by atoms with Crippen LogP contribution in [0.2, 0.25) is 0 Å². The van der Waals surface area contributed by atoms with Crippen molar-refractivity contribution in [2.75, 3.05) is 25.5 Å². The third-order valence-electron chi connectivity index (χ3n) is 13.6. The summed E-state index contributed by atoms with van der Waals surface area (Å²) in [6.07, 6.45) is 4.88. The molecule has 0 aliphatic carbocycles. The molecule has 16 nitrogen and oxygen atoms in total. The first-order valence-electron chi connectivity index (χ1n) is 22.8. The smallest absolute Gasteiger partial charge is 0.312 e. The molecule has 1 fully saturated rings. The van der Waals surface area contributed by atoms with E-state index < -0.39 is 88.8 Å². The molecule has 362 valence electrons. The predicted molar refractivity (Wildman–Crippen MR) is 254 cm³/mol. The molecule has 67 heavy (non-hydrogen) atoms. The summed E-state index contributed by atoms with van der Waals surface area (Å²) in [5.41, 5.74) is 0.785. The van der Waals surface area contributed by atoms with Crippen molar-refractivity contribution in [2.24, 2.45) is 28.8 Å². The van der Waals surface area contributed by atoms with Crippen LogP contribution in [0.1, 0.15) is 89.4 Å². The van der Waals surface area contributed by atoms with Gasteiger partial charge in [0.2, 0.25) is 0 Å². The summed E-state index contributed by atoms with van der Waals surface area (Å²) in [4.78, 5) is 43.4. The Morgan fingerprint density at radius 3 is 2.19 bits per heavy atom. The number of esters is 1. The SMILES string of the molecule is CO[C@H]1/C=C/O[C@@]2(C)Oc3c(C)c(O)c4c(O)c(c(C=NN5[C@H](C)CN(Cc6ccccc6)C[C@@H]5C)c(O)c4c3C2=O)NC(=O)/C(C)=C\C=C\[C@H](C)[C@H](O)[C@@H](C)[C@@H](O)[C@H](C)[C@H](OC(C)=O)[C@H]1C. The van der Waals surface area contributed by atoms with E-state index in [1.165, 1.54) is 65.0 Å². The summed E-state index contributed by atoms with van der Waals surface area (Å²) in [7, 11) is 1.44. The minimum absolute atomic E-state index is 0.0500. The minimum atomic E-state index is -2.07. The number of fused-ring (bicyclic) bond motifs is 14. The Kier molecular flexibility index (Phi) is 15.5. The number of nitrogens with zero attached hydrogens (tertiary/aromatic N) is 3. The molecule has 0 saturated carbocycles. The lowest BCUT2D eigenvalue weighted by Gasteiger charge is -2.42. The topological polar surface area (TPSA) is 220 Å². The molecule has 0 spiro atoms. The van der Waals surface area contributed by atoms with Gasteiger partial charge in [0.25, 0.3) is 11.7 Å². The Bertz CT molecular complexity index is 2460. The lowest BCUT2D eigenvalue weighted by molar-refractivity contribution is -0.160. The van der Waals surface area contributed by atoms with Gasteiger partial charge in [-0.2, -0.15) is 5.10 Å². The number of benzene rings is 3. The molecule has 6 N–H and O–H groups in total. The van der Waals surface area contributed by atoms with Crippen molar-refractivity contribution in [1.82, 2.24) is 9.91 Å². The number of methoxy groups -OCH3 is 1. The molecular weight excluding hydrogens is 861 g/mol. The highest BCUT2D eigenvalue weighted by molar-refractivity contribution is 6.23. The fourth-order valence-electron chi connectivity index (χ4n) is 9.62. The largest absolute Gasteiger partial charge is 0.507 e. The van der Waals surface area contributed by atoms with Crippen LogP contribution in [-0.2, 0) is 30.3 Å².